The topological polar surface area (TPSA) is 127 Å². The molecule has 0 aliphatic rings. The van der Waals surface area contributed by atoms with Crippen molar-refractivity contribution >= 4 is 22.8 Å². The second-order valence-electron chi connectivity index (χ2n) is 8.11. The Hall–Kier alpha value is -4.24. The zero-order valence-corrected chi connectivity index (χ0v) is 19.6. The number of hydrogen-bond acceptors (Lipinski definition) is 8. The molecule has 0 saturated carbocycles. The number of pyridine rings is 2. The highest BCUT2D eigenvalue weighted by Crippen LogP contribution is 2.35. The van der Waals surface area contributed by atoms with Crippen molar-refractivity contribution < 1.29 is 13.2 Å². The molecule has 4 heterocycles. The predicted molar refractivity (Wildman–Crippen MR) is 130 cm³/mol. The third kappa shape index (κ3) is 5.52. The summed E-state index contributed by atoms with van der Waals surface area (Å²) in [5.41, 5.74) is 0.915. The van der Waals surface area contributed by atoms with Gasteiger partial charge in [0.05, 0.1) is 29.1 Å². The van der Waals surface area contributed by atoms with Crippen molar-refractivity contribution in [3.63, 3.8) is 0 Å². The minimum atomic E-state index is -4.55. The maximum atomic E-state index is 13.2. The van der Waals surface area contributed by atoms with Crippen molar-refractivity contribution in [1.82, 2.24) is 30.2 Å². The van der Waals surface area contributed by atoms with E-state index in [-0.39, 0.29) is 34.3 Å². The summed E-state index contributed by atoms with van der Waals surface area (Å²) in [6.45, 7) is 3.62. The molecule has 0 amide bonds. The number of aromatic nitrogens is 5. The summed E-state index contributed by atoms with van der Waals surface area (Å²) in [4.78, 5) is 19.8. The van der Waals surface area contributed by atoms with Gasteiger partial charge in [-0.25, -0.2) is 19.9 Å². The number of H-pyrrole nitrogens is 1. The lowest BCUT2D eigenvalue weighted by atomic mass is 10.1. The molecular weight excluding hydrogens is 471 g/mol. The van der Waals surface area contributed by atoms with Crippen molar-refractivity contribution in [2.45, 2.75) is 25.6 Å². The van der Waals surface area contributed by atoms with E-state index >= 15 is 0 Å². The summed E-state index contributed by atoms with van der Waals surface area (Å²) < 4.78 is 39.7. The fraction of sp³-hybridized carbons (Fsp3) is 0.292. The Morgan fingerprint density at radius 3 is 2.64 bits per heavy atom. The molecule has 0 fully saturated rings. The molecule has 0 aromatic carbocycles. The van der Waals surface area contributed by atoms with Gasteiger partial charge in [0.1, 0.15) is 17.5 Å². The zero-order valence-electron chi connectivity index (χ0n) is 19.6. The number of alkyl halides is 3. The predicted octanol–water partition coefficient (Wildman–Crippen LogP) is 4.50. The molecule has 0 radical (unpaired) electrons. The van der Waals surface area contributed by atoms with Crippen molar-refractivity contribution in [2.75, 3.05) is 30.8 Å². The average Bonchev–Trinajstić information content (AvgIpc) is 3.30. The first-order chi connectivity index (χ1) is 17.3. The third-order valence-electron chi connectivity index (χ3n) is 5.56. The van der Waals surface area contributed by atoms with Gasteiger partial charge < -0.3 is 20.9 Å². The third-order valence-corrected chi connectivity index (χ3v) is 5.56. The molecule has 9 nitrogen and oxygen atoms in total. The summed E-state index contributed by atoms with van der Waals surface area (Å²) in [6, 6.07) is 6.59. The molecule has 0 saturated heterocycles. The molecule has 12 heteroatoms. The van der Waals surface area contributed by atoms with E-state index in [1.807, 2.05) is 32.2 Å². The van der Waals surface area contributed by atoms with Gasteiger partial charge >= 0.3 is 6.18 Å². The number of nitriles is 1. The molecule has 0 aliphatic heterocycles. The molecule has 186 valence electrons. The standard InChI is InChI=1S/C24H24F3N9/c1-14(15-4-5-20(31-10-15)30-7-3-6-29-2)35-23-34-11-16(9-28)21(36-23)19-13-33-22-18(19)8-17(12-32-22)24(25,26)27/h4-5,8,10-14,29H,3,6-7H2,1-2H3,(H,30,31)(H,32,33)(H,34,35,36)/t14-/m1/s1. The van der Waals surface area contributed by atoms with Gasteiger partial charge in [0, 0.05) is 36.1 Å². The Kier molecular flexibility index (Phi) is 7.30. The van der Waals surface area contributed by atoms with Gasteiger partial charge in [-0.05, 0) is 44.6 Å². The monoisotopic (exact) mass is 495 g/mol. The van der Waals surface area contributed by atoms with E-state index in [4.69, 9.17) is 0 Å². The van der Waals surface area contributed by atoms with Crippen LogP contribution in [0.15, 0.2) is 43.0 Å². The summed E-state index contributed by atoms with van der Waals surface area (Å²) >= 11 is 0. The van der Waals surface area contributed by atoms with Crippen molar-refractivity contribution in [1.29, 1.82) is 5.26 Å². The Morgan fingerprint density at radius 2 is 1.94 bits per heavy atom. The zero-order chi connectivity index (χ0) is 25.7. The molecular formula is C24H24F3N9. The maximum absolute atomic E-state index is 13.2. The lowest BCUT2D eigenvalue weighted by Gasteiger charge is -2.15. The molecule has 4 N–H and O–H groups in total. The smallest absolute Gasteiger partial charge is 0.370 e. The van der Waals surface area contributed by atoms with E-state index in [0.29, 0.717) is 5.56 Å². The number of fused-ring (bicyclic) bond motifs is 1. The average molecular weight is 496 g/mol. The van der Waals surface area contributed by atoms with Crippen LogP contribution in [0.1, 0.15) is 36.1 Å². The maximum Gasteiger partial charge on any atom is 0.417 e. The first-order valence-corrected chi connectivity index (χ1v) is 11.2. The second-order valence-corrected chi connectivity index (χ2v) is 8.11. The Morgan fingerprint density at radius 1 is 1.11 bits per heavy atom. The normalized spacial score (nSPS) is 12.3. The van der Waals surface area contributed by atoms with E-state index in [1.165, 1.54) is 12.4 Å². The molecule has 0 unspecified atom stereocenters. The van der Waals surface area contributed by atoms with E-state index < -0.39 is 11.7 Å². The second kappa shape index (κ2) is 10.6. The number of aromatic amines is 1. The summed E-state index contributed by atoms with van der Waals surface area (Å²) in [7, 11) is 1.91. The van der Waals surface area contributed by atoms with Crippen LogP contribution in [0.2, 0.25) is 0 Å². The fourth-order valence-corrected chi connectivity index (χ4v) is 3.62. The van der Waals surface area contributed by atoms with E-state index in [2.05, 4.69) is 40.9 Å². The fourth-order valence-electron chi connectivity index (χ4n) is 3.62. The molecule has 4 rings (SSSR count). The summed E-state index contributed by atoms with van der Waals surface area (Å²) in [5.74, 6) is 0.991. The molecule has 4 aromatic rings. The minimum absolute atomic E-state index is 0.127. The molecule has 0 spiro atoms. The lowest BCUT2D eigenvalue weighted by Crippen LogP contribution is -2.14. The Labute approximate surface area is 205 Å². The summed E-state index contributed by atoms with van der Waals surface area (Å²) in [6.07, 6.45) is 1.76. The van der Waals surface area contributed by atoms with Gasteiger partial charge in [-0.2, -0.15) is 18.4 Å². The number of halogens is 3. The first-order valence-electron chi connectivity index (χ1n) is 11.2. The first kappa shape index (κ1) is 24.9. The highest BCUT2D eigenvalue weighted by molar-refractivity contribution is 5.94. The number of rotatable bonds is 9. The number of nitrogens with zero attached hydrogens (tertiary/aromatic N) is 5. The highest BCUT2D eigenvalue weighted by atomic mass is 19.4. The molecule has 4 aromatic heterocycles. The Bertz CT molecular complexity index is 1370. The lowest BCUT2D eigenvalue weighted by molar-refractivity contribution is -0.137. The van der Waals surface area contributed by atoms with Crippen LogP contribution in [-0.4, -0.2) is 45.1 Å². The van der Waals surface area contributed by atoms with E-state index in [0.717, 1.165) is 43.2 Å². The molecule has 36 heavy (non-hydrogen) atoms. The molecule has 1 atom stereocenters. The summed E-state index contributed by atoms with van der Waals surface area (Å²) in [5, 5.41) is 19.3. The van der Waals surface area contributed by atoms with E-state index in [9.17, 15) is 18.4 Å². The SMILES string of the molecule is CNCCCNc1ccc([C@@H](C)Nc2ncc(C#N)c(-c3c[nH]c4ncc(C(F)(F)F)cc34)n2)cn1. The van der Waals surface area contributed by atoms with Gasteiger partial charge in [0.2, 0.25) is 5.95 Å². The van der Waals surface area contributed by atoms with Gasteiger partial charge in [-0.15, -0.1) is 0 Å². The minimum Gasteiger partial charge on any atom is -0.370 e. The van der Waals surface area contributed by atoms with Gasteiger partial charge in [-0.3, -0.25) is 0 Å². The van der Waals surface area contributed by atoms with Gasteiger partial charge in [-0.1, -0.05) is 6.07 Å². The quantitative estimate of drug-likeness (QED) is 0.250. The number of hydrogen-bond donors (Lipinski definition) is 4. The Balaban J connectivity index is 1.57. The van der Waals surface area contributed by atoms with Crippen LogP contribution in [-0.2, 0) is 6.18 Å². The van der Waals surface area contributed by atoms with Crippen molar-refractivity contribution in [2.24, 2.45) is 0 Å². The van der Waals surface area contributed by atoms with Crippen molar-refractivity contribution in [3.05, 3.63) is 59.7 Å². The van der Waals surface area contributed by atoms with Gasteiger partial charge in [0.15, 0.2) is 0 Å². The van der Waals surface area contributed by atoms with Crippen molar-refractivity contribution in [3.8, 4) is 17.3 Å². The van der Waals surface area contributed by atoms with Crippen LogP contribution in [0.5, 0.6) is 0 Å². The number of nitrogens with one attached hydrogen (secondary N) is 4. The van der Waals surface area contributed by atoms with Gasteiger partial charge in [0.25, 0.3) is 0 Å². The van der Waals surface area contributed by atoms with E-state index in [1.54, 1.807) is 6.20 Å². The van der Waals surface area contributed by atoms with Crippen LogP contribution in [0.25, 0.3) is 22.3 Å². The van der Waals surface area contributed by atoms with Crippen LogP contribution >= 0.6 is 0 Å². The number of anilines is 2. The highest BCUT2D eigenvalue weighted by Gasteiger charge is 2.31. The van der Waals surface area contributed by atoms with Crippen LogP contribution in [0, 0.1) is 11.3 Å². The molecule has 0 bridgehead atoms. The largest absolute Gasteiger partial charge is 0.417 e. The van der Waals surface area contributed by atoms with Crippen LogP contribution < -0.4 is 16.0 Å². The molecule has 0 aliphatic carbocycles. The van der Waals surface area contributed by atoms with Crippen LogP contribution in [0.3, 0.4) is 0 Å². The van der Waals surface area contributed by atoms with Crippen LogP contribution in [0.4, 0.5) is 24.9 Å².